The number of hydrogen-bond donors (Lipinski definition) is 1. The first kappa shape index (κ1) is 15.8. The summed E-state index contributed by atoms with van der Waals surface area (Å²) in [5.74, 6) is 1.43. The van der Waals surface area contributed by atoms with Crippen molar-refractivity contribution in [3.63, 3.8) is 0 Å². The predicted octanol–water partition coefficient (Wildman–Crippen LogP) is 4.06. The minimum absolute atomic E-state index is 0.514. The predicted molar refractivity (Wildman–Crippen MR) is 86.6 cm³/mol. The summed E-state index contributed by atoms with van der Waals surface area (Å²) in [4.78, 5) is 4.00. The van der Waals surface area contributed by atoms with E-state index < -0.39 is 0 Å². The number of nitrogens with zero attached hydrogens (tertiary/aromatic N) is 1. The van der Waals surface area contributed by atoms with E-state index in [1.54, 1.807) is 12.4 Å². The third kappa shape index (κ3) is 5.03. The highest BCUT2D eigenvalue weighted by Gasteiger charge is 2.08. The van der Waals surface area contributed by atoms with Gasteiger partial charge < -0.3 is 10.1 Å². The molecule has 2 aromatic rings. The molecule has 0 aliphatic heterocycles. The van der Waals surface area contributed by atoms with E-state index in [9.17, 15) is 0 Å². The molecule has 0 saturated carbocycles. The van der Waals surface area contributed by atoms with Gasteiger partial charge in [0.2, 0.25) is 0 Å². The molecule has 1 aromatic carbocycles. The Morgan fingerprint density at radius 1 is 1.19 bits per heavy atom. The number of halogens is 1. The summed E-state index contributed by atoms with van der Waals surface area (Å²) in [7, 11) is 0. The van der Waals surface area contributed by atoms with Gasteiger partial charge >= 0.3 is 0 Å². The van der Waals surface area contributed by atoms with E-state index in [1.165, 1.54) is 0 Å². The first-order valence-corrected chi connectivity index (χ1v) is 7.54. The Labute approximate surface area is 131 Å². The van der Waals surface area contributed by atoms with E-state index in [1.807, 2.05) is 30.3 Å². The van der Waals surface area contributed by atoms with Crippen LogP contribution in [0.25, 0.3) is 0 Å². The van der Waals surface area contributed by atoms with Crippen molar-refractivity contribution in [3.8, 4) is 5.75 Å². The number of ether oxygens (including phenoxy) is 1. The van der Waals surface area contributed by atoms with E-state index in [0.717, 1.165) is 28.4 Å². The van der Waals surface area contributed by atoms with Crippen molar-refractivity contribution in [1.82, 2.24) is 10.3 Å². The topological polar surface area (TPSA) is 34.1 Å². The van der Waals surface area contributed by atoms with Gasteiger partial charge in [-0.1, -0.05) is 31.5 Å². The van der Waals surface area contributed by atoms with Gasteiger partial charge in [-0.3, -0.25) is 4.98 Å². The van der Waals surface area contributed by atoms with Gasteiger partial charge in [0.05, 0.1) is 0 Å². The summed E-state index contributed by atoms with van der Waals surface area (Å²) in [6.07, 6.45) is 3.53. The van der Waals surface area contributed by atoms with Crippen molar-refractivity contribution in [3.05, 3.63) is 58.9 Å². The molecule has 0 bridgehead atoms. The molecule has 0 fully saturated rings. The van der Waals surface area contributed by atoms with Crippen LogP contribution >= 0.6 is 11.6 Å². The Hall–Kier alpha value is -1.58. The van der Waals surface area contributed by atoms with Crippen LogP contribution in [-0.2, 0) is 13.2 Å². The number of hydrogen-bond acceptors (Lipinski definition) is 3. The monoisotopic (exact) mass is 304 g/mol. The number of nitrogens with one attached hydrogen (secondary N) is 1. The lowest BCUT2D eigenvalue weighted by molar-refractivity contribution is 0.302. The van der Waals surface area contributed by atoms with Crippen molar-refractivity contribution in [1.29, 1.82) is 0 Å². The fraction of sp³-hybridized carbons (Fsp3) is 0.353. The minimum atomic E-state index is 0.514. The van der Waals surface area contributed by atoms with Crippen LogP contribution in [0.5, 0.6) is 5.75 Å². The maximum absolute atomic E-state index is 6.30. The average molecular weight is 305 g/mol. The van der Waals surface area contributed by atoms with E-state index >= 15 is 0 Å². The van der Waals surface area contributed by atoms with Crippen LogP contribution in [0, 0.1) is 5.92 Å². The van der Waals surface area contributed by atoms with Crippen molar-refractivity contribution in [2.75, 3.05) is 6.54 Å². The van der Waals surface area contributed by atoms with E-state index in [4.69, 9.17) is 16.3 Å². The quantitative estimate of drug-likeness (QED) is 0.837. The van der Waals surface area contributed by atoms with Crippen LogP contribution in [0.3, 0.4) is 0 Å². The van der Waals surface area contributed by atoms with Crippen molar-refractivity contribution in [2.45, 2.75) is 27.0 Å². The third-order valence-corrected chi connectivity index (χ3v) is 3.43. The summed E-state index contributed by atoms with van der Waals surface area (Å²) in [5, 5.41) is 4.14. The third-order valence-electron chi connectivity index (χ3n) is 3.07. The Bertz CT molecular complexity index is 558. The van der Waals surface area contributed by atoms with Gasteiger partial charge in [-0.25, -0.2) is 0 Å². The van der Waals surface area contributed by atoms with Crippen molar-refractivity contribution < 1.29 is 4.74 Å². The molecule has 0 aliphatic carbocycles. The Morgan fingerprint density at radius 3 is 2.67 bits per heavy atom. The van der Waals surface area contributed by atoms with Crippen molar-refractivity contribution in [2.24, 2.45) is 5.92 Å². The van der Waals surface area contributed by atoms with Gasteiger partial charge in [0, 0.05) is 29.5 Å². The molecule has 1 aromatic heterocycles. The van der Waals surface area contributed by atoms with Crippen LogP contribution < -0.4 is 10.1 Å². The highest BCUT2D eigenvalue weighted by atomic mass is 35.5. The molecule has 2 rings (SSSR count). The number of benzene rings is 1. The van der Waals surface area contributed by atoms with Crippen LogP contribution in [0.4, 0.5) is 0 Å². The van der Waals surface area contributed by atoms with Gasteiger partial charge in [-0.2, -0.15) is 0 Å². The lowest BCUT2D eigenvalue weighted by atomic mass is 10.1. The molecule has 1 N–H and O–H groups in total. The SMILES string of the molecule is CC(C)CNCc1c(Cl)cccc1OCc1ccncc1. The fourth-order valence-electron chi connectivity index (χ4n) is 1.97. The second-order valence-electron chi connectivity index (χ2n) is 5.39. The zero-order chi connectivity index (χ0) is 15.1. The van der Waals surface area contributed by atoms with Crippen LogP contribution in [0.15, 0.2) is 42.7 Å². The molecule has 0 radical (unpaired) electrons. The molecule has 0 unspecified atom stereocenters. The molecule has 4 heteroatoms. The second-order valence-corrected chi connectivity index (χ2v) is 5.79. The van der Waals surface area contributed by atoms with Gasteiger partial charge in [0.1, 0.15) is 12.4 Å². The zero-order valence-corrected chi connectivity index (χ0v) is 13.2. The van der Waals surface area contributed by atoms with Gasteiger partial charge in [0.15, 0.2) is 0 Å². The normalized spacial score (nSPS) is 10.9. The van der Waals surface area contributed by atoms with Gasteiger partial charge in [-0.15, -0.1) is 0 Å². The summed E-state index contributed by atoms with van der Waals surface area (Å²) in [5.41, 5.74) is 2.10. The zero-order valence-electron chi connectivity index (χ0n) is 12.5. The molecule has 1 heterocycles. The largest absolute Gasteiger partial charge is 0.489 e. The van der Waals surface area contributed by atoms with E-state index in [0.29, 0.717) is 19.1 Å². The molecule has 3 nitrogen and oxygen atoms in total. The highest BCUT2D eigenvalue weighted by molar-refractivity contribution is 6.31. The maximum atomic E-state index is 6.30. The number of rotatable bonds is 7. The lowest BCUT2D eigenvalue weighted by Gasteiger charge is -2.14. The van der Waals surface area contributed by atoms with E-state index in [2.05, 4.69) is 24.1 Å². The van der Waals surface area contributed by atoms with Gasteiger partial charge in [-0.05, 0) is 42.3 Å². The van der Waals surface area contributed by atoms with Gasteiger partial charge in [0.25, 0.3) is 0 Å². The molecule has 0 saturated heterocycles. The standard InChI is InChI=1S/C17H21ClN2O/c1-13(2)10-20-11-15-16(18)4-3-5-17(15)21-12-14-6-8-19-9-7-14/h3-9,13,20H,10-12H2,1-2H3. The highest BCUT2D eigenvalue weighted by Crippen LogP contribution is 2.27. The minimum Gasteiger partial charge on any atom is -0.489 e. The smallest absolute Gasteiger partial charge is 0.125 e. The fourth-order valence-corrected chi connectivity index (χ4v) is 2.20. The number of aromatic nitrogens is 1. The van der Waals surface area contributed by atoms with Crippen LogP contribution in [0.2, 0.25) is 5.02 Å². The maximum Gasteiger partial charge on any atom is 0.125 e. The first-order valence-electron chi connectivity index (χ1n) is 7.16. The molecule has 112 valence electrons. The number of pyridine rings is 1. The molecule has 0 spiro atoms. The first-order chi connectivity index (χ1) is 10.2. The lowest BCUT2D eigenvalue weighted by Crippen LogP contribution is -2.19. The summed E-state index contributed by atoms with van der Waals surface area (Å²) < 4.78 is 5.91. The van der Waals surface area contributed by atoms with Crippen molar-refractivity contribution >= 4 is 11.6 Å². The molecule has 0 atom stereocenters. The Kier molecular flexibility index (Phi) is 6.03. The van der Waals surface area contributed by atoms with Crippen LogP contribution in [0.1, 0.15) is 25.0 Å². The molecule has 0 aliphatic rings. The Balaban J connectivity index is 2.02. The molecule has 21 heavy (non-hydrogen) atoms. The molecular formula is C17H21ClN2O. The molecule has 0 amide bonds. The van der Waals surface area contributed by atoms with E-state index in [-0.39, 0.29) is 0 Å². The summed E-state index contributed by atoms with van der Waals surface area (Å²) >= 11 is 6.30. The van der Waals surface area contributed by atoms with Crippen LogP contribution in [-0.4, -0.2) is 11.5 Å². The summed E-state index contributed by atoms with van der Waals surface area (Å²) in [6.45, 7) is 6.54. The summed E-state index contributed by atoms with van der Waals surface area (Å²) in [6, 6.07) is 9.66. The average Bonchev–Trinajstić information content (AvgIpc) is 2.48. The molecular weight excluding hydrogens is 284 g/mol. The second kappa shape index (κ2) is 8.01. The Morgan fingerprint density at radius 2 is 1.95 bits per heavy atom.